The van der Waals surface area contributed by atoms with E-state index in [1.807, 2.05) is 19.1 Å². The van der Waals surface area contributed by atoms with E-state index in [9.17, 15) is 4.79 Å². The van der Waals surface area contributed by atoms with Crippen molar-refractivity contribution in [3.8, 4) is 5.75 Å². The van der Waals surface area contributed by atoms with E-state index < -0.39 is 0 Å². The third kappa shape index (κ3) is 4.04. The lowest BCUT2D eigenvalue weighted by Gasteiger charge is -2.20. The van der Waals surface area contributed by atoms with Gasteiger partial charge in [-0.25, -0.2) is 5.43 Å². The first kappa shape index (κ1) is 18.0. The lowest BCUT2D eigenvalue weighted by Crippen LogP contribution is -2.19. The molecule has 1 N–H and O–H groups in total. The van der Waals surface area contributed by atoms with Gasteiger partial charge in [0.15, 0.2) is 0 Å². The number of benzene rings is 2. The molecule has 1 aliphatic heterocycles. The summed E-state index contributed by atoms with van der Waals surface area (Å²) in [5.74, 6) is 0.430. The molecule has 0 bridgehead atoms. The molecule has 1 fully saturated rings. The van der Waals surface area contributed by atoms with Crippen LogP contribution >= 0.6 is 0 Å². The molecule has 5 nitrogen and oxygen atoms in total. The fourth-order valence-corrected chi connectivity index (χ4v) is 3.26. The standard InChI is InChI=1S/C21H25N3O2/c1-15-6-8-18(13-20(15)26-3)21(25)23-22-14-17-7-9-19(16(2)12-17)24-10-4-5-11-24/h6-9,12-14H,4-5,10-11H2,1-3H3,(H,23,25). The summed E-state index contributed by atoms with van der Waals surface area (Å²) in [7, 11) is 1.59. The van der Waals surface area contributed by atoms with Gasteiger partial charge in [-0.15, -0.1) is 0 Å². The zero-order chi connectivity index (χ0) is 18.5. The van der Waals surface area contributed by atoms with Gasteiger partial charge in [-0.2, -0.15) is 5.10 Å². The number of hydrazone groups is 1. The average molecular weight is 351 g/mol. The Bertz CT molecular complexity index is 824. The summed E-state index contributed by atoms with van der Waals surface area (Å²) in [6.07, 6.45) is 4.20. The molecule has 136 valence electrons. The van der Waals surface area contributed by atoms with Crippen LogP contribution in [0.2, 0.25) is 0 Å². The first-order valence-corrected chi connectivity index (χ1v) is 8.92. The summed E-state index contributed by atoms with van der Waals surface area (Å²) in [4.78, 5) is 14.6. The molecule has 0 aliphatic carbocycles. The number of anilines is 1. The highest BCUT2D eigenvalue weighted by Crippen LogP contribution is 2.24. The maximum atomic E-state index is 12.2. The molecule has 3 rings (SSSR count). The number of nitrogens with zero attached hydrogens (tertiary/aromatic N) is 2. The SMILES string of the molecule is COc1cc(C(=O)NN=Cc2ccc(N3CCCC3)c(C)c2)ccc1C. The van der Waals surface area contributed by atoms with Crippen LogP contribution in [0, 0.1) is 13.8 Å². The molecular weight excluding hydrogens is 326 g/mol. The van der Waals surface area contributed by atoms with Crippen molar-refractivity contribution in [3.05, 3.63) is 58.7 Å². The van der Waals surface area contributed by atoms with Crippen molar-refractivity contribution in [2.75, 3.05) is 25.1 Å². The Labute approximate surface area is 154 Å². The van der Waals surface area contributed by atoms with E-state index in [1.54, 1.807) is 25.5 Å². The summed E-state index contributed by atoms with van der Waals surface area (Å²) < 4.78 is 5.25. The van der Waals surface area contributed by atoms with Crippen LogP contribution in [-0.2, 0) is 0 Å². The fourth-order valence-electron chi connectivity index (χ4n) is 3.26. The van der Waals surface area contributed by atoms with Gasteiger partial charge in [-0.3, -0.25) is 4.79 Å². The van der Waals surface area contributed by atoms with Crippen LogP contribution in [0.3, 0.4) is 0 Å². The minimum Gasteiger partial charge on any atom is -0.496 e. The van der Waals surface area contributed by atoms with Crippen LogP contribution in [-0.4, -0.2) is 32.3 Å². The number of rotatable bonds is 5. The largest absolute Gasteiger partial charge is 0.496 e. The normalized spacial score (nSPS) is 14.0. The van der Waals surface area contributed by atoms with Gasteiger partial charge in [-0.05, 0) is 67.6 Å². The molecule has 0 spiro atoms. The first-order valence-electron chi connectivity index (χ1n) is 8.92. The summed E-state index contributed by atoms with van der Waals surface area (Å²) in [6.45, 7) is 6.31. The van der Waals surface area contributed by atoms with Crippen LogP contribution < -0.4 is 15.1 Å². The molecule has 1 saturated heterocycles. The number of hydrogen-bond acceptors (Lipinski definition) is 4. The Hall–Kier alpha value is -2.82. The highest BCUT2D eigenvalue weighted by atomic mass is 16.5. The summed E-state index contributed by atoms with van der Waals surface area (Å²) in [6, 6.07) is 11.6. The Kier molecular flexibility index (Phi) is 5.56. The quantitative estimate of drug-likeness (QED) is 0.660. The first-order chi connectivity index (χ1) is 12.6. The van der Waals surface area contributed by atoms with Crippen molar-refractivity contribution < 1.29 is 9.53 Å². The Morgan fingerprint density at radius 2 is 1.88 bits per heavy atom. The number of nitrogens with one attached hydrogen (secondary N) is 1. The lowest BCUT2D eigenvalue weighted by molar-refractivity contribution is 0.0955. The van der Waals surface area contributed by atoms with Gasteiger partial charge >= 0.3 is 0 Å². The minimum absolute atomic E-state index is 0.259. The second kappa shape index (κ2) is 8.04. The molecule has 0 radical (unpaired) electrons. The van der Waals surface area contributed by atoms with Crippen molar-refractivity contribution >= 4 is 17.8 Å². The van der Waals surface area contributed by atoms with E-state index in [0.29, 0.717) is 11.3 Å². The van der Waals surface area contributed by atoms with E-state index in [1.165, 1.54) is 24.1 Å². The summed E-state index contributed by atoms with van der Waals surface area (Å²) in [5.41, 5.74) is 7.56. The second-order valence-electron chi connectivity index (χ2n) is 6.62. The third-order valence-corrected chi connectivity index (χ3v) is 4.72. The van der Waals surface area contributed by atoms with E-state index >= 15 is 0 Å². The monoisotopic (exact) mass is 351 g/mol. The van der Waals surface area contributed by atoms with Crippen molar-refractivity contribution in [2.45, 2.75) is 26.7 Å². The third-order valence-electron chi connectivity index (χ3n) is 4.72. The maximum absolute atomic E-state index is 12.2. The lowest BCUT2D eigenvalue weighted by atomic mass is 10.1. The molecule has 0 unspecified atom stereocenters. The van der Waals surface area contributed by atoms with Gasteiger partial charge in [-0.1, -0.05) is 12.1 Å². The topological polar surface area (TPSA) is 53.9 Å². The molecule has 2 aromatic rings. The summed E-state index contributed by atoms with van der Waals surface area (Å²) >= 11 is 0. The van der Waals surface area contributed by atoms with Crippen LogP contribution in [0.25, 0.3) is 0 Å². The highest BCUT2D eigenvalue weighted by molar-refractivity contribution is 5.95. The van der Waals surface area contributed by atoms with Crippen LogP contribution in [0.5, 0.6) is 5.75 Å². The van der Waals surface area contributed by atoms with Crippen LogP contribution in [0.4, 0.5) is 5.69 Å². The number of hydrogen-bond donors (Lipinski definition) is 1. The molecule has 1 aliphatic rings. The Balaban J connectivity index is 1.64. The van der Waals surface area contributed by atoms with Gasteiger partial charge in [0.05, 0.1) is 13.3 Å². The average Bonchev–Trinajstić information content (AvgIpc) is 3.16. The maximum Gasteiger partial charge on any atom is 0.271 e. The van der Waals surface area contributed by atoms with Gasteiger partial charge < -0.3 is 9.64 Å². The Morgan fingerprint density at radius 1 is 1.12 bits per heavy atom. The van der Waals surface area contributed by atoms with Gasteiger partial charge in [0.25, 0.3) is 5.91 Å². The Morgan fingerprint density at radius 3 is 2.58 bits per heavy atom. The molecule has 1 amide bonds. The van der Waals surface area contributed by atoms with Crippen LogP contribution in [0.15, 0.2) is 41.5 Å². The van der Waals surface area contributed by atoms with E-state index in [-0.39, 0.29) is 5.91 Å². The van der Waals surface area contributed by atoms with Gasteiger partial charge in [0.2, 0.25) is 0 Å². The number of carbonyl (C=O) groups is 1. The van der Waals surface area contributed by atoms with E-state index in [4.69, 9.17) is 4.74 Å². The zero-order valence-corrected chi connectivity index (χ0v) is 15.6. The molecule has 26 heavy (non-hydrogen) atoms. The number of ether oxygens (including phenoxy) is 1. The number of carbonyl (C=O) groups excluding carboxylic acids is 1. The predicted octanol–water partition coefficient (Wildman–Crippen LogP) is 3.68. The minimum atomic E-state index is -0.259. The second-order valence-corrected chi connectivity index (χ2v) is 6.62. The van der Waals surface area contributed by atoms with Crippen LogP contribution in [0.1, 0.15) is 39.9 Å². The number of methoxy groups -OCH3 is 1. The van der Waals surface area contributed by atoms with E-state index in [0.717, 1.165) is 24.2 Å². The molecular formula is C21H25N3O2. The molecule has 2 aromatic carbocycles. The van der Waals surface area contributed by atoms with Gasteiger partial charge in [0, 0.05) is 24.3 Å². The molecule has 0 aromatic heterocycles. The van der Waals surface area contributed by atoms with Gasteiger partial charge in [0.1, 0.15) is 5.75 Å². The molecule has 5 heteroatoms. The zero-order valence-electron chi connectivity index (χ0n) is 15.6. The summed E-state index contributed by atoms with van der Waals surface area (Å²) in [5, 5.41) is 4.09. The number of amides is 1. The van der Waals surface area contributed by atoms with E-state index in [2.05, 4.69) is 34.5 Å². The van der Waals surface area contributed by atoms with Crippen molar-refractivity contribution in [1.82, 2.24) is 5.43 Å². The van der Waals surface area contributed by atoms with Crippen molar-refractivity contribution in [1.29, 1.82) is 0 Å². The molecule has 0 atom stereocenters. The van der Waals surface area contributed by atoms with Crippen molar-refractivity contribution in [3.63, 3.8) is 0 Å². The fraction of sp³-hybridized carbons (Fsp3) is 0.333. The molecule has 0 saturated carbocycles. The smallest absolute Gasteiger partial charge is 0.271 e. The highest BCUT2D eigenvalue weighted by Gasteiger charge is 2.14. The number of aryl methyl sites for hydroxylation is 2. The van der Waals surface area contributed by atoms with Crippen molar-refractivity contribution in [2.24, 2.45) is 5.10 Å². The predicted molar refractivity (Wildman–Crippen MR) is 105 cm³/mol. The molecule has 1 heterocycles.